The summed E-state index contributed by atoms with van der Waals surface area (Å²) in [7, 11) is 0. The van der Waals surface area contributed by atoms with E-state index in [4.69, 9.17) is 14.7 Å². The molecule has 40 heavy (non-hydrogen) atoms. The van der Waals surface area contributed by atoms with E-state index in [2.05, 4.69) is 49.3 Å². The first-order valence-corrected chi connectivity index (χ1v) is 14.3. The molecule has 0 spiro atoms. The summed E-state index contributed by atoms with van der Waals surface area (Å²) in [5, 5.41) is 8.63. The van der Waals surface area contributed by atoms with Gasteiger partial charge in [0.15, 0.2) is 5.65 Å². The van der Waals surface area contributed by atoms with Crippen LogP contribution >= 0.6 is 0 Å². The highest BCUT2D eigenvalue weighted by Crippen LogP contribution is 2.38. The molecule has 8 nitrogen and oxygen atoms in total. The molecule has 2 bridgehead atoms. The zero-order valence-electron chi connectivity index (χ0n) is 22.5. The average molecular weight is 530 g/mol. The second-order valence-corrected chi connectivity index (χ2v) is 11.4. The Morgan fingerprint density at radius 2 is 1.57 bits per heavy atom. The van der Waals surface area contributed by atoms with E-state index >= 15 is 0 Å². The van der Waals surface area contributed by atoms with Crippen molar-refractivity contribution in [2.45, 2.75) is 57.2 Å². The number of morpholine rings is 1. The standard InChI is InChI=1S/C32H31N7O/c1-19-30(34-11-10-33-19)23-6-9-29(35-15-23)31-28-13-24(16-36-32(28)38-37-31)22-3-2-20-4-7-25(8-5-21(20)12-22)39-26-14-27(39)18-40-17-26/h2-3,6,9-13,15-16,25-27H,4-5,7-8,14,17-18H2,1H3,(H,36,37,38)/t25-,26?,27?/m0/s1. The molecule has 2 fully saturated rings. The van der Waals surface area contributed by atoms with Crippen LogP contribution in [0.1, 0.15) is 36.1 Å². The topological polar surface area (TPSA) is 92.7 Å². The van der Waals surface area contributed by atoms with Gasteiger partial charge in [-0.1, -0.05) is 18.2 Å². The fraction of sp³-hybridized carbons (Fsp3) is 0.344. The third-order valence-corrected chi connectivity index (χ3v) is 9.04. The molecule has 1 N–H and O–H groups in total. The maximum absolute atomic E-state index is 5.74. The van der Waals surface area contributed by atoms with E-state index in [1.807, 2.05) is 31.5 Å². The molecule has 4 aromatic heterocycles. The monoisotopic (exact) mass is 529 g/mol. The van der Waals surface area contributed by atoms with Gasteiger partial charge in [0.1, 0.15) is 5.69 Å². The molecule has 3 aliphatic rings. The number of ether oxygens (including phenoxy) is 1. The largest absolute Gasteiger partial charge is 0.378 e. The number of pyridine rings is 2. The SMILES string of the molecule is Cc1nccnc1-c1ccc(-c2n[nH]c3ncc(-c4ccc5c(c4)CC[C@@H](N4C6COCC4C6)CC5)cc23)nc1. The van der Waals surface area contributed by atoms with Gasteiger partial charge in [0.25, 0.3) is 0 Å². The van der Waals surface area contributed by atoms with Crippen LogP contribution in [0.15, 0.2) is 61.2 Å². The van der Waals surface area contributed by atoms with Crippen molar-refractivity contribution in [1.82, 2.24) is 35.0 Å². The fourth-order valence-electron chi connectivity index (χ4n) is 6.95. The van der Waals surface area contributed by atoms with Crippen molar-refractivity contribution >= 4 is 11.0 Å². The molecular formula is C32H31N7O. The van der Waals surface area contributed by atoms with E-state index in [1.54, 1.807) is 12.4 Å². The van der Waals surface area contributed by atoms with E-state index in [-0.39, 0.29) is 0 Å². The van der Waals surface area contributed by atoms with Crippen LogP contribution in [-0.4, -0.2) is 66.4 Å². The van der Waals surface area contributed by atoms with Crippen molar-refractivity contribution < 1.29 is 4.74 Å². The normalized spacial score (nSPS) is 22.5. The molecule has 3 atom stereocenters. The molecule has 1 aliphatic carbocycles. The third-order valence-electron chi connectivity index (χ3n) is 9.04. The van der Waals surface area contributed by atoms with Crippen molar-refractivity contribution in [2.75, 3.05) is 13.2 Å². The summed E-state index contributed by atoms with van der Waals surface area (Å²) in [5.74, 6) is 0. The van der Waals surface area contributed by atoms with Crippen LogP contribution in [0, 0.1) is 6.92 Å². The molecule has 8 rings (SSSR count). The number of hydrogen-bond acceptors (Lipinski definition) is 7. The molecule has 6 heterocycles. The Bertz CT molecular complexity index is 1700. The van der Waals surface area contributed by atoms with Crippen LogP contribution < -0.4 is 0 Å². The molecule has 2 unspecified atom stereocenters. The molecule has 2 saturated heterocycles. The van der Waals surface area contributed by atoms with Gasteiger partial charge >= 0.3 is 0 Å². The third kappa shape index (κ3) is 4.01. The van der Waals surface area contributed by atoms with Gasteiger partial charge < -0.3 is 4.74 Å². The number of nitrogens with one attached hydrogen (secondary N) is 1. The Morgan fingerprint density at radius 1 is 0.775 bits per heavy atom. The Kier molecular flexibility index (Phi) is 5.70. The number of nitrogens with zero attached hydrogens (tertiary/aromatic N) is 6. The van der Waals surface area contributed by atoms with Gasteiger partial charge in [-0.15, -0.1) is 0 Å². The molecular weight excluding hydrogens is 498 g/mol. The Balaban J connectivity index is 1.06. The minimum atomic E-state index is 0.643. The molecule has 2 aliphatic heterocycles. The predicted molar refractivity (Wildman–Crippen MR) is 154 cm³/mol. The Hall–Kier alpha value is -4.01. The van der Waals surface area contributed by atoms with Crippen LogP contribution in [0.4, 0.5) is 0 Å². The predicted octanol–water partition coefficient (Wildman–Crippen LogP) is 5.17. The van der Waals surface area contributed by atoms with Crippen molar-refractivity contribution in [3.8, 4) is 33.8 Å². The number of aromatic nitrogens is 6. The lowest BCUT2D eigenvalue weighted by molar-refractivity contribution is -0.148. The smallest absolute Gasteiger partial charge is 0.155 e. The van der Waals surface area contributed by atoms with Crippen LogP contribution in [0.5, 0.6) is 0 Å². The highest BCUT2D eigenvalue weighted by Gasteiger charge is 2.45. The van der Waals surface area contributed by atoms with E-state index in [9.17, 15) is 0 Å². The molecule has 8 heteroatoms. The van der Waals surface area contributed by atoms with E-state index in [1.165, 1.54) is 36.0 Å². The number of fused-ring (bicyclic) bond motifs is 4. The van der Waals surface area contributed by atoms with E-state index in [0.29, 0.717) is 18.1 Å². The summed E-state index contributed by atoms with van der Waals surface area (Å²) in [4.78, 5) is 21.0. The first-order valence-electron chi connectivity index (χ1n) is 14.3. The fourth-order valence-corrected chi connectivity index (χ4v) is 6.95. The molecule has 0 radical (unpaired) electrons. The minimum Gasteiger partial charge on any atom is -0.378 e. The quantitative estimate of drug-likeness (QED) is 0.321. The number of aryl methyl sites for hydroxylation is 3. The molecule has 5 aromatic rings. The van der Waals surface area contributed by atoms with Crippen LogP contribution in [0.2, 0.25) is 0 Å². The van der Waals surface area contributed by atoms with Gasteiger partial charge in [-0.05, 0) is 73.9 Å². The molecule has 0 amide bonds. The second-order valence-electron chi connectivity index (χ2n) is 11.4. The van der Waals surface area contributed by atoms with Gasteiger partial charge in [-0.2, -0.15) is 5.10 Å². The van der Waals surface area contributed by atoms with Crippen LogP contribution in [0.25, 0.3) is 44.8 Å². The second kappa shape index (κ2) is 9.57. The van der Waals surface area contributed by atoms with Crippen molar-refractivity contribution in [3.05, 3.63) is 78.0 Å². The van der Waals surface area contributed by atoms with Gasteiger partial charge in [0.05, 0.1) is 30.3 Å². The van der Waals surface area contributed by atoms with Crippen molar-refractivity contribution in [1.29, 1.82) is 0 Å². The summed E-state index contributed by atoms with van der Waals surface area (Å²) in [6, 6.07) is 15.1. The lowest BCUT2D eigenvalue weighted by atomic mass is 9.87. The average Bonchev–Trinajstić information content (AvgIpc) is 3.32. The van der Waals surface area contributed by atoms with Gasteiger partial charge in [0.2, 0.25) is 0 Å². The van der Waals surface area contributed by atoms with Crippen LogP contribution in [0.3, 0.4) is 0 Å². The molecule has 1 aromatic carbocycles. The van der Waals surface area contributed by atoms with E-state index in [0.717, 1.165) is 71.0 Å². The zero-order chi connectivity index (χ0) is 26.6. The molecule has 0 saturated carbocycles. The zero-order valence-corrected chi connectivity index (χ0v) is 22.5. The summed E-state index contributed by atoms with van der Waals surface area (Å²) < 4.78 is 5.74. The first-order chi connectivity index (χ1) is 19.7. The summed E-state index contributed by atoms with van der Waals surface area (Å²) in [5.41, 5.74) is 10.3. The highest BCUT2D eigenvalue weighted by atomic mass is 16.5. The Morgan fingerprint density at radius 3 is 2.38 bits per heavy atom. The van der Waals surface area contributed by atoms with Gasteiger partial charge in [-0.25, -0.2) is 4.98 Å². The lowest BCUT2D eigenvalue weighted by Gasteiger charge is -2.56. The summed E-state index contributed by atoms with van der Waals surface area (Å²) >= 11 is 0. The van der Waals surface area contributed by atoms with Crippen molar-refractivity contribution in [2.24, 2.45) is 0 Å². The molecule has 200 valence electrons. The number of aromatic amines is 1. The lowest BCUT2D eigenvalue weighted by Crippen LogP contribution is -2.66. The van der Waals surface area contributed by atoms with Gasteiger partial charge in [-0.3, -0.25) is 25.0 Å². The maximum Gasteiger partial charge on any atom is 0.155 e. The van der Waals surface area contributed by atoms with Crippen LogP contribution in [-0.2, 0) is 17.6 Å². The first kappa shape index (κ1) is 23.8. The summed E-state index contributed by atoms with van der Waals surface area (Å²) in [6.45, 7) is 3.78. The number of rotatable bonds is 4. The minimum absolute atomic E-state index is 0.643. The van der Waals surface area contributed by atoms with Gasteiger partial charge in [0, 0.05) is 59.4 Å². The summed E-state index contributed by atoms with van der Waals surface area (Å²) in [6.07, 6.45) is 13.3. The van der Waals surface area contributed by atoms with Crippen molar-refractivity contribution in [3.63, 3.8) is 0 Å². The highest BCUT2D eigenvalue weighted by molar-refractivity contribution is 5.92. The maximum atomic E-state index is 5.74. The number of benzene rings is 1. The van der Waals surface area contributed by atoms with E-state index < -0.39 is 0 Å². The Labute approximate surface area is 232 Å². The number of hydrogen-bond donors (Lipinski definition) is 1. The number of H-pyrrole nitrogens is 1.